The normalized spacial score (nSPS) is 12.2. The van der Waals surface area contributed by atoms with Gasteiger partial charge in [-0.25, -0.2) is 0 Å². The Morgan fingerprint density at radius 1 is 1.30 bits per heavy atom. The van der Waals surface area contributed by atoms with Crippen molar-refractivity contribution in [3.63, 3.8) is 0 Å². The van der Waals surface area contributed by atoms with Gasteiger partial charge < -0.3 is 14.6 Å². The van der Waals surface area contributed by atoms with E-state index in [1.54, 1.807) is 37.2 Å². The number of rotatable bonds is 5. The van der Waals surface area contributed by atoms with E-state index < -0.39 is 6.10 Å². The first-order valence-corrected chi connectivity index (χ1v) is 7.03. The maximum absolute atomic E-state index is 10.7. The van der Waals surface area contributed by atoms with Gasteiger partial charge in [-0.2, -0.15) is 5.10 Å². The van der Waals surface area contributed by atoms with E-state index in [0.717, 1.165) is 4.47 Å². The Kier molecular flexibility index (Phi) is 4.67. The fourth-order valence-corrected chi connectivity index (χ4v) is 2.69. The van der Waals surface area contributed by atoms with Gasteiger partial charge in [0.25, 0.3) is 0 Å². The van der Waals surface area contributed by atoms with Crippen molar-refractivity contribution in [1.29, 1.82) is 0 Å². The van der Waals surface area contributed by atoms with Gasteiger partial charge in [0.1, 0.15) is 17.6 Å². The second kappa shape index (κ2) is 6.28. The quantitative estimate of drug-likeness (QED) is 0.909. The smallest absolute Gasteiger partial charge is 0.129 e. The molecule has 0 fully saturated rings. The molecule has 2 rings (SSSR count). The van der Waals surface area contributed by atoms with Gasteiger partial charge in [0.05, 0.1) is 36.1 Å². The number of nitrogens with zero attached hydrogens (tertiary/aromatic N) is 2. The summed E-state index contributed by atoms with van der Waals surface area (Å²) in [5.74, 6) is 1.15. The maximum atomic E-state index is 10.7. The van der Waals surface area contributed by atoms with Gasteiger partial charge in [-0.05, 0) is 35.0 Å². The first-order valence-electron chi connectivity index (χ1n) is 6.24. The van der Waals surface area contributed by atoms with E-state index in [2.05, 4.69) is 21.0 Å². The molecule has 6 heteroatoms. The largest absolute Gasteiger partial charge is 0.496 e. The van der Waals surface area contributed by atoms with Crippen molar-refractivity contribution >= 4 is 15.9 Å². The van der Waals surface area contributed by atoms with Crippen LogP contribution in [0.25, 0.3) is 0 Å². The third-order valence-corrected chi connectivity index (χ3v) is 3.74. The van der Waals surface area contributed by atoms with Gasteiger partial charge in [0, 0.05) is 6.54 Å². The molecule has 1 aromatic carbocycles. The minimum absolute atomic E-state index is 0.576. The van der Waals surface area contributed by atoms with Crippen LogP contribution >= 0.6 is 15.9 Å². The summed E-state index contributed by atoms with van der Waals surface area (Å²) >= 11 is 3.42. The van der Waals surface area contributed by atoms with Crippen molar-refractivity contribution in [2.45, 2.75) is 19.6 Å². The molecule has 1 heterocycles. The third kappa shape index (κ3) is 2.53. The van der Waals surface area contributed by atoms with Crippen LogP contribution in [0.5, 0.6) is 11.5 Å². The first-order chi connectivity index (χ1) is 9.63. The molecule has 1 aromatic heterocycles. The average Bonchev–Trinajstić information content (AvgIpc) is 2.86. The number of ether oxygens (including phenoxy) is 2. The number of hydrogen-bond donors (Lipinski definition) is 1. The Hall–Kier alpha value is -1.53. The van der Waals surface area contributed by atoms with Gasteiger partial charge in [0.15, 0.2) is 0 Å². The van der Waals surface area contributed by atoms with E-state index in [9.17, 15) is 5.11 Å². The lowest BCUT2D eigenvalue weighted by Crippen LogP contribution is -2.11. The number of hydrogen-bond acceptors (Lipinski definition) is 4. The average molecular weight is 341 g/mol. The summed E-state index contributed by atoms with van der Waals surface area (Å²) < 4.78 is 13.2. The zero-order valence-electron chi connectivity index (χ0n) is 11.6. The SMILES string of the molecule is CCn1ncc(Br)c1C(O)c1c(OC)cccc1OC. The predicted molar refractivity (Wildman–Crippen MR) is 79.2 cm³/mol. The minimum atomic E-state index is -0.891. The number of aliphatic hydroxyl groups is 1. The Labute approximate surface area is 126 Å². The molecule has 2 aromatic rings. The number of aromatic nitrogens is 2. The minimum Gasteiger partial charge on any atom is -0.496 e. The van der Waals surface area contributed by atoms with Crippen LogP contribution in [-0.2, 0) is 6.54 Å². The Bertz CT molecular complexity index is 576. The Morgan fingerprint density at radius 2 is 1.90 bits per heavy atom. The molecule has 0 radical (unpaired) electrons. The molecule has 0 aliphatic rings. The summed E-state index contributed by atoms with van der Waals surface area (Å²) in [6, 6.07) is 5.41. The highest BCUT2D eigenvalue weighted by Gasteiger charge is 2.25. The van der Waals surface area contributed by atoms with Crippen LogP contribution in [0, 0.1) is 0 Å². The van der Waals surface area contributed by atoms with Gasteiger partial charge >= 0.3 is 0 Å². The summed E-state index contributed by atoms with van der Waals surface area (Å²) in [5.41, 5.74) is 1.27. The number of benzene rings is 1. The van der Waals surface area contributed by atoms with Crippen LogP contribution in [0.4, 0.5) is 0 Å². The van der Waals surface area contributed by atoms with Crippen LogP contribution in [0.1, 0.15) is 24.3 Å². The predicted octanol–water partition coefficient (Wildman–Crippen LogP) is 2.76. The summed E-state index contributed by atoms with van der Waals surface area (Å²) in [6.07, 6.45) is 0.780. The van der Waals surface area contributed by atoms with Crippen LogP contribution in [0.15, 0.2) is 28.9 Å². The van der Waals surface area contributed by atoms with E-state index in [0.29, 0.717) is 29.3 Å². The van der Waals surface area contributed by atoms with Gasteiger partial charge in [-0.15, -0.1) is 0 Å². The molecule has 0 bridgehead atoms. The zero-order chi connectivity index (χ0) is 14.7. The van der Waals surface area contributed by atoms with Crippen molar-refractivity contribution in [3.05, 3.63) is 40.1 Å². The number of aryl methyl sites for hydroxylation is 1. The lowest BCUT2D eigenvalue weighted by Gasteiger charge is -2.19. The summed E-state index contributed by atoms with van der Waals surface area (Å²) in [5, 5.41) is 15.0. The standard InChI is InChI=1S/C14H17BrN2O3/c1-4-17-13(9(15)8-16-17)14(18)12-10(19-2)6-5-7-11(12)20-3/h5-8,14,18H,4H2,1-3H3. The van der Waals surface area contributed by atoms with Gasteiger partial charge in [0.2, 0.25) is 0 Å². The van der Waals surface area contributed by atoms with Crippen LogP contribution in [0.3, 0.4) is 0 Å². The molecule has 5 nitrogen and oxygen atoms in total. The Balaban J connectivity index is 2.58. The second-order valence-corrected chi connectivity index (χ2v) is 5.03. The molecule has 0 amide bonds. The molecule has 20 heavy (non-hydrogen) atoms. The van der Waals surface area contributed by atoms with Crippen molar-refractivity contribution < 1.29 is 14.6 Å². The van der Waals surface area contributed by atoms with Gasteiger partial charge in [-0.1, -0.05) is 6.07 Å². The summed E-state index contributed by atoms with van der Waals surface area (Å²) in [6.45, 7) is 2.63. The molecule has 0 aliphatic heterocycles. The molecule has 0 saturated heterocycles. The zero-order valence-corrected chi connectivity index (χ0v) is 13.2. The van der Waals surface area contributed by atoms with E-state index in [-0.39, 0.29) is 0 Å². The monoisotopic (exact) mass is 340 g/mol. The van der Waals surface area contributed by atoms with E-state index in [4.69, 9.17) is 9.47 Å². The van der Waals surface area contributed by atoms with Crippen molar-refractivity contribution in [2.75, 3.05) is 14.2 Å². The van der Waals surface area contributed by atoms with E-state index in [1.807, 2.05) is 13.0 Å². The van der Waals surface area contributed by atoms with Crippen molar-refractivity contribution in [3.8, 4) is 11.5 Å². The molecular weight excluding hydrogens is 324 g/mol. The number of aliphatic hydroxyl groups excluding tert-OH is 1. The summed E-state index contributed by atoms with van der Waals surface area (Å²) in [4.78, 5) is 0. The molecule has 0 aliphatic carbocycles. The lowest BCUT2D eigenvalue weighted by molar-refractivity contribution is 0.197. The highest BCUT2D eigenvalue weighted by molar-refractivity contribution is 9.10. The number of methoxy groups -OCH3 is 2. The van der Waals surface area contributed by atoms with Crippen molar-refractivity contribution in [2.24, 2.45) is 0 Å². The molecular formula is C14H17BrN2O3. The molecule has 1 atom stereocenters. The fourth-order valence-electron chi connectivity index (χ4n) is 2.18. The van der Waals surface area contributed by atoms with Crippen LogP contribution in [0.2, 0.25) is 0 Å². The highest BCUT2D eigenvalue weighted by atomic mass is 79.9. The topological polar surface area (TPSA) is 56.5 Å². The third-order valence-electron chi connectivity index (χ3n) is 3.13. The molecule has 1 unspecified atom stereocenters. The Morgan fingerprint density at radius 3 is 2.40 bits per heavy atom. The second-order valence-electron chi connectivity index (χ2n) is 4.17. The van der Waals surface area contributed by atoms with E-state index >= 15 is 0 Å². The summed E-state index contributed by atoms with van der Waals surface area (Å²) in [7, 11) is 3.13. The fraction of sp³-hybridized carbons (Fsp3) is 0.357. The molecule has 0 saturated carbocycles. The number of halogens is 1. The van der Waals surface area contributed by atoms with Crippen molar-refractivity contribution in [1.82, 2.24) is 9.78 Å². The van der Waals surface area contributed by atoms with Gasteiger partial charge in [-0.3, -0.25) is 4.68 Å². The highest BCUT2D eigenvalue weighted by Crippen LogP contribution is 2.39. The van der Waals surface area contributed by atoms with Crippen LogP contribution < -0.4 is 9.47 Å². The lowest BCUT2D eigenvalue weighted by atomic mass is 10.0. The van der Waals surface area contributed by atoms with Crippen LogP contribution in [-0.4, -0.2) is 29.1 Å². The first kappa shape index (κ1) is 14.9. The molecule has 108 valence electrons. The molecule has 1 N–H and O–H groups in total. The molecule has 0 spiro atoms. The van der Waals surface area contributed by atoms with E-state index in [1.165, 1.54) is 0 Å². The maximum Gasteiger partial charge on any atom is 0.129 e.